The number of hydrazine groups is 1. The zero-order chi connectivity index (χ0) is 13.0. The highest BCUT2D eigenvalue weighted by Gasteiger charge is 2.18. The van der Waals surface area contributed by atoms with Crippen LogP contribution in [0.5, 0.6) is 5.75 Å². The molecule has 0 aliphatic rings. The molecule has 0 radical (unpaired) electrons. The normalized spacial score (nSPS) is 12.2. The average Bonchev–Trinajstić information content (AvgIpc) is 2.42. The average molecular weight is 244 g/mol. The van der Waals surface area contributed by atoms with Gasteiger partial charge < -0.3 is 4.74 Å². The van der Waals surface area contributed by atoms with Crippen molar-refractivity contribution < 1.29 is 4.74 Å². The molecule has 0 fully saturated rings. The number of nitrogens with two attached hydrogens (primary N) is 1. The van der Waals surface area contributed by atoms with E-state index in [4.69, 9.17) is 10.6 Å². The summed E-state index contributed by atoms with van der Waals surface area (Å²) in [6.07, 6.45) is 6.95. The first-order valence-corrected chi connectivity index (χ1v) is 5.62. The second-order valence-electron chi connectivity index (χ2n) is 3.95. The summed E-state index contributed by atoms with van der Waals surface area (Å²) in [5.74, 6) is 6.37. The van der Waals surface area contributed by atoms with Gasteiger partial charge in [-0.15, -0.1) is 0 Å². The molecule has 2 rings (SSSR count). The lowest BCUT2D eigenvalue weighted by molar-refractivity contribution is 0.402. The van der Waals surface area contributed by atoms with E-state index in [1.54, 1.807) is 31.9 Å². The van der Waals surface area contributed by atoms with Crippen LogP contribution >= 0.6 is 0 Å². The van der Waals surface area contributed by atoms with E-state index in [1.807, 2.05) is 19.1 Å². The van der Waals surface area contributed by atoms with Gasteiger partial charge in [-0.25, -0.2) is 5.43 Å². The van der Waals surface area contributed by atoms with Crippen LogP contribution in [-0.2, 0) is 0 Å². The maximum Gasteiger partial charge on any atom is 0.142 e. The van der Waals surface area contributed by atoms with Gasteiger partial charge in [0.25, 0.3) is 0 Å². The number of pyridine rings is 2. The predicted octanol–water partition coefficient (Wildman–Crippen LogP) is 1.35. The summed E-state index contributed by atoms with van der Waals surface area (Å²) in [5, 5.41) is 0. The van der Waals surface area contributed by atoms with Crippen molar-refractivity contribution in [3.8, 4) is 5.75 Å². The minimum Gasteiger partial charge on any atom is -0.495 e. The van der Waals surface area contributed by atoms with Gasteiger partial charge in [-0.05, 0) is 30.2 Å². The van der Waals surface area contributed by atoms with Gasteiger partial charge in [0.1, 0.15) is 5.75 Å². The van der Waals surface area contributed by atoms with Gasteiger partial charge in [-0.2, -0.15) is 0 Å². The molecule has 94 valence electrons. The van der Waals surface area contributed by atoms with Crippen LogP contribution in [0.25, 0.3) is 0 Å². The zero-order valence-electron chi connectivity index (χ0n) is 10.4. The van der Waals surface area contributed by atoms with Gasteiger partial charge in [0.2, 0.25) is 0 Å². The number of hydrogen-bond donors (Lipinski definition) is 2. The van der Waals surface area contributed by atoms with Crippen molar-refractivity contribution in [3.05, 3.63) is 53.6 Å². The Morgan fingerprint density at radius 2 is 1.89 bits per heavy atom. The standard InChI is InChI=1S/C13H16N4O/c1-9-3-5-15-7-11(9)13(17-14)10-4-6-16-8-12(10)18-2/h3-8,13,17H,14H2,1-2H3. The van der Waals surface area contributed by atoms with Crippen LogP contribution in [0.15, 0.2) is 36.9 Å². The largest absolute Gasteiger partial charge is 0.495 e. The molecule has 2 heterocycles. The molecule has 0 aromatic carbocycles. The maximum atomic E-state index is 5.68. The molecule has 0 aliphatic heterocycles. The van der Waals surface area contributed by atoms with E-state index in [9.17, 15) is 0 Å². The monoisotopic (exact) mass is 244 g/mol. The number of aromatic nitrogens is 2. The predicted molar refractivity (Wildman–Crippen MR) is 68.9 cm³/mol. The van der Waals surface area contributed by atoms with Crippen LogP contribution < -0.4 is 16.0 Å². The smallest absolute Gasteiger partial charge is 0.142 e. The molecular weight excluding hydrogens is 228 g/mol. The molecule has 3 N–H and O–H groups in total. The fourth-order valence-corrected chi connectivity index (χ4v) is 1.93. The molecule has 0 saturated carbocycles. The Labute approximate surface area is 106 Å². The van der Waals surface area contributed by atoms with Crippen LogP contribution in [0.3, 0.4) is 0 Å². The first kappa shape index (κ1) is 12.5. The number of nitrogens with zero attached hydrogens (tertiary/aromatic N) is 2. The molecule has 5 heteroatoms. The number of nitrogens with one attached hydrogen (secondary N) is 1. The lowest BCUT2D eigenvalue weighted by atomic mass is 9.97. The molecule has 0 aliphatic carbocycles. The van der Waals surface area contributed by atoms with E-state index in [1.165, 1.54) is 0 Å². The maximum absolute atomic E-state index is 5.68. The quantitative estimate of drug-likeness (QED) is 0.627. The Kier molecular flexibility index (Phi) is 3.86. The van der Waals surface area contributed by atoms with E-state index in [0.29, 0.717) is 5.75 Å². The first-order valence-electron chi connectivity index (χ1n) is 5.62. The molecule has 0 amide bonds. The lowest BCUT2D eigenvalue weighted by Gasteiger charge is -2.20. The third-order valence-electron chi connectivity index (χ3n) is 2.90. The van der Waals surface area contributed by atoms with E-state index < -0.39 is 0 Å². The molecule has 5 nitrogen and oxygen atoms in total. The number of hydrogen-bond acceptors (Lipinski definition) is 5. The van der Waals surface area contributed by atoms with Gasteiger partial charge in [-0.1, -0.05) is 0 Å². The number of rotatable bonds is 4. The van der Waals surface area contributed by atoms with E-state index in [-0.39, 0.29) is 6.04 Å². The summed E-state index contributed by atoms with van der Waals surface area (Å²) < 4.78 is 5.31. The van der Waals surface area contributed by atoms with Crippen LogP contribution in [0, 0.1) is 6.92 Å². The Bertz CT molecular complexity index is 530. The lowest BCUT2D eigenvalue weighted by Crippen LogP contribution is -2.29. The summed E-state index contributed by atoms with van der Waals surface area (Å²) in [4.78, 5) is 8.18. The third kappa shape index (κ3) is 2.32. The summed E-state index contributed by atoms with van der Waals surface area (Å²) in [7, 11) is 1.62. The van der Waals surface area contributed by atoms with E-state index >= 15 is 0 Å². The van der Waals surface area contributed by atoms with Gasteiger partial charge in [0.05, 0.1) is 19.3 Å². The summed E-state index contributed by atoms with van der Waals surface area (Å²) >= 11 is 0. The van der Waals surface area contributed by atoms with Crippen LogP contribution in [0.4, 0.5) is 0 Å². The number of methoxy groups -OCH3 is 1. The molecule has 2 aromatic heterocycles. The Hall–Kier alpha value is -1.98. The fourth-order valence-electron chi connectivity index (χ4n) is 1.93. The summed E-state index contributed by atoms with van der Waals surface area (Å²) in [5.41, 5.74) is 5.87. The molecule has 2 aromatic rings. The molecule has 0 saturated heterocycles. The second-order valence-corrected chi connectivity index (χ2v) is 3.95. The highest BCUT2D eigenvalue weighted by Crippen LogP contribution is 2.29. The minimum atomic E-state index is -0.170. The molecule has 0 bridgehead atoms. The van der Waals surface area contributed by atoms with E-state index in [2.05, 4.69) is 15.4 Å². The van der Waals surface area contributed by atoms with Crippen LogP contribution in [0.2, 0.25) is 0 Å². The molecular formula is C13H16N4O. The van der Waals surface area contributed by atoms with Gasteiger partial charge in [0, 0.05) is 24.2 Å². The highest BCUT2D eigenvalue weighted by atomic mass is 16.5. The zero-order valence-corrected chi connectivity index (χ0v) is 10.4. The SMILES string of the molecule is COc1cnccc1C(NN)c1cnccc1C. The Balaban J connectivity index is 2.49. The van der Waals surface area contributed by atoms with Crippen molar-refractivity contribution in [2.45, 2.75) is 13.0 Å². The highest BCUT2D eigenvalue weighted by molar-refractivity contribution is 5.41. The molecule has 0 spiro atoms. The van der Waals surface area contributed by atoms with Crippen LogP contribution in [0.1, 0.15) is 22.7 Å². The van der Waals surface area contributed by atoms with Crippen LogP contribution in [-0.4, -0.2) is 17.1 Å². The van der Waals surface area contributed by atoms with Gasteiger partial charge >= 0.3 is 0 Å². The minimum absolute atomic E-state index is 0.170. The number of ether oxygens (including phenoxy) is 1. The van der Waals surface area contributed by atoms with Crippen molar-refractivity contribution in [3.63, 3.8) is 0 Å². The summed E-state index contributed by atoms with van der Waals surface area (Å²) in [6, 6.07) is 3.67. The first-order chi connectivity index (χ1) is 8.77. The molecule has 1 atom stereocenters. The van der Waals surface area contributed by atoms with Crippen molar-refractivity contribution in [2.75, 3.05) is 7.11 Å². The molecule has 18 heavy (non-hydrogen) atoms. The Morgan fingerprint density at radius 3 is 2.56 bits per heavy atom. The summed E-state index contributed by atoms with van der Waals surface area (Å²) in [6.45, 7) is 2.02. The van der Waals surface area contributed by atoms with Crippen molar-refractivity contribution in [1.29, 1.82) is 0 Å². The van der Waals surface area contributed by atoms with Crippen molar-refractivity contribution >= 4 is 0 Å². The Morgan fingerprint density at radius 1 is 1.17 bits per heavy atom. The van der Waals surface area contributed by atoms with Gasteiger partial charge in [-0.3, -0.25) is 15.8 Å². The molecule has 1 unspecified atom stereocenters. The second kappa shape index (κ2) is 5.57. The third-order valence-corrected chi connectivity index (χ3v) is 2.90. The van der Waals surface area contributed by atoms with Crippen molar-refractivity contribution in [1.82, 2.24) is 15.4 Å². The topological polar surface area (TPSA) is 73.1 Å². The number of aryl methyl sites for hydroxylation is 1. The van der Waals surface area contributed by atoms with Gasteiger partial charge in [0.15, 0.2) is 0 Å². The fraction of sp³-hybridized carbons (Fsp3) is 0.231. The van der Waals surface area contributed by atoms with Crippen molar-refractivity contribution in [2.24, 2.45) is 5.84 Å². The van der Waals surface area contributed by atoms with E-state index in [0.717, 1.165) is 16.7 Å².